The van der Waals surface area contributed by atoms with Gasteiger partial charge in [-0.2, -0.15) is 12.1 Å². The predicted octanol–water partition coefficient (Wildman–Crippen LogP) is 9.31. The van der Waals surface area contributed by atoms with Crippen molar-refractivity contribution in [3.05, 3.63) is 131 Å². The van der Waals surface area contributed by atoms with Crippen LogP contribution < -0.4 is 4.74 Å². The topological polar surface area (TPSA) is 97.3 Å². The zero-order valence-corrected chi connectivity index (χ0v) is 25.2. The summed E-state index contributed by atoms with van der Waals surface area (Å²) in [4.78, 5) is 1.76. The zero-order valence-electron chi connectivity index (χ0n) is 24.0. The van der Waals surface area contributed by atoms with Crippen LogP contribution in [-0.4, -0.2) is 27.2 Å². The van der Waals surface area contributed by atoms with Crippen molar-refractivity contribution < 1.29 is 30.5 Å². The second-order valence-corrected chi connectivity index (χ2v) is 11.1. The molecule has 1 aliphatic rings. The van der Waals surface area contributed by atoms with Crippen molar-refractivity contribution in [2.45, 2.75) is 64.0 Å². The molecule has 5 rings (SSSR count). The Balaban J connectivity index is 0.000000184. The molecule has 0 spiro atoms. The maximum absolute atomic E-state index is 10.4. The molecule has 2 atom stereocenters. The average molecular weight is 592 g/mol. The van der Waals surface area contributed by atoms with Crippen molar-refractivity contribution in [2.24, 2.45) is 0 Å². The van der Waals surface area contributed by atoms with Crippen LogP contribution in [0.1, 0.15) is 61.8 Å². The number of ether oxygens (including phenoxy) is 1. The van der Waals surface area contributed by atoms with Crippen molar-refractivity contribution in [3.8, 4) is 23.0 Å². The van der Waals surface area contributed by atoms with E-state index < -0.39 is 0 Å². The number of para-hydroxylation sites is 1. The molecule has 4 aromatic carbocycles. The zero-order chi connectivity index (χ0) is 29.8. The van der Waals surface area contributed by atoms with Gasteiger partial charge in [-0.3, -0.25) is 0 Å². The van der Waals surface area contributed by atoms with Crippen molar-refractivity contribution in [1.29, 1.82) is 0 Å². The minimum Gasteiger partial charge on any atom is -0.676 e. The van der Waals surface area contributed by atoms with Crippen LogP contribution in [0.4, 0.5) is 0 Å². The van der Waals surface area contributed by atoms with E-state index in [2.05, 4.69) is 47.6 Å². The SMILES string of the molecule is Cc1cc([CH]=[Mn])c(O)c(C(C)(C)c2ccccc2)c1.Oc1ccc(Oc2ccccc2)cc1.[NH-]C1CCCCC1[NH-]. The van der Waals surface area contributed by atoms with E-state index in [0.717, 1.165) is 35.3 Å². The summed E-state index contributed by atoms with van der Waals surface area (Å²) in [6.45, 7) is 6.31. The molecule has 4 N–H and O–H groups in total. The van der Waals surface area contributed by atoms with E-state index in [1.54, 1.807) is 29.2 Å². The van der Waals surface area contributed by atoms with Gasteiger partial charge in [-0.05, 0) is 36.4 Å². The number of phenolic OH excluding ortho intramolecular Hbond substituents is 2. The van der Waals surface area contributed by atoms with E-state index in [1.165, 1.54) is 18.4 Å². The molecule has 0 radical (unpaired) electrons. The van der Waals surface area contributed by atoms with Gasteiger partial charge in [-0.25, -0.2) is 0 Å². The van der Waals surface area contributed by atoms with Gasteiger partial charge >= 0.3 is 122 Å². The third-order valence-corrected chi connectivity index (χ3v) is 7.52. The Morgan fingerprint density at radius 3 is 1.80 bits per heavy atom. The van der Waals surface area contributed by atoms with E-state index >= 15 is 0 Å². The largest absolute Gasteiger partial charge is 0.676 e. The number of hydrogen-bond acceptors (Lipinski definition) is 3. The molecule has 0 heterocycles. The molecule has 1 saturated carbocycles. The Morgan fingerprint density at radius 1 is 0.780 bits per heavy atom. The maximum atomic E-state index is 10.4. The van der Waals surface area contributed by atoms with Gasteiger partial charge < -0.3 is 21.3 Å². The molecule has 2 unspecified atom stereocenters. The summed E-state index contributed by atoms with van der Waals surface area (Å²) in [5, 5.41) is 19.5. The predicted molar refractivity (Wildman–Crippen MR) is 166 cm³/mol. The number of nitrogens with one attached hydrogen (secondary N) is 2. The Kier molecular flexibility index (Phi) is 12.2. The summed E-state index contributed by atoms with van der Waals surface area (Å²) in [6, 6.07) is 30.3. The summed E-state index contributed by atoms with van der Waals surface area (Å²) < 4.78 is 5.52. The number of rotatable bonds is 5. The van der Waals surface area contributed by atoms with Crippen LogP contribution in [-0.2, 0) is 21.0 Å². The fourth-order valence-electron chi connectivity index (χ4n) is 4.65. The smallest absolute Gasteiger partial charge is 0.127 e. The molecule has 1 fully saturated rings. The van der Waals surface area contributed by atoms with E-state index in [-0.39, 0.29) is 23.2 Å². The fourth-order valence-corrected chi connectivity index (χ4v) is 4.91. The van der Waals surface area contributed by atoms with Crippen molar-refractivity contribution in [2.75, 3.05) is 0 Å². The molecule has 41 heavy (non-hydrogen) atoms. The van der Waals surface area contributed by atoms with Gasteiger partial charge in [0.2, 0.25) is 0 Å². The number of aromatic hydroxyl groups is 2. The summed E-state index contributed by atoms with van der Waals surface area (Å²) in [5.41, 5.74) is 18.4. The molecular weight excluding hydrogens is 551 g/mol. The minimum absolute atomic E-state index is 0.0799. The van der Waals surface area contributed by atoms with Crippen LogP contribution >= 0.6 is 0 Å². The molecule has 217 valence electrons. The number of hydrogen-bond donors (Lipinski definition) is 2. The first kappa shape index (κ1) is 32.1. The Labute approximate surface area is 252 Å². The Hall–Kier alpha value is -3.41. The monoisotopic (exact) mass is 591 g/mol. The Bertz CT molecular complexity index is 1350. The van der Waals surface area contributed by atoms with Crippen molar-refractivity contribution >= 4 is 4.92 Å². The first-order chi connectivity index (χ1) is 19.6. The third-order valence-electron chi connectivity index (χ3n) is 7.15. The van der Waals surface area contributed by atoms with E-state index in [1.807, 2.05) is 61.5 Å². The second kappa shape index (κ2) is 15.6. The van der Waals surface area contributed by atoms with Gasteiger partial charge in [0, 0.05) is 0 Å². The molecule has 0 aliphatic heterocycles. The van der Waals surface area contributed by atoms with E-state index in [9.17, 15) is 5.11 Å². The number of phenols is 2. The molecule has 4 aromatic rings. The summed E-state index contributed by atoms with van der Waals surface area (Å²) >= 11 is 3.31. The van der Waals surface area contributed by atoms with Crippen LogP contribution in [0, 0.1) is 6.92 Å². The Morgan fingerprint density at radius 2 is 1.29 bits per heavy atom. The van der Waals surface area contributed by atoms with Gasteiger partial charge in [0.25, 0.3) is 0 Å². The van der Waals surface area contributed by atoms with E-state index in [4.69, 9.17) is 21.3 Å². The first-order valence-electron chi connectivity index (χ1n) is 13.9. The average Bonchev–Trinajstić information content (AvgIpc) is 2.98. The molecule has 1 aliphatic carbocycles. The summed E-state index contributed by atoms with van der Waals surface area (Å²) in [7, 11) is 0. The van der Waals surface area contributed by atoms with Gasteiger partial charge in [-0.1, -0.05) is 43.9 Å². The second-order valence-electron chi connectivity index (χ2n) is 10.8. The third kappa shape index (κ3) is 9.58. The molecule has 0 aromatic heterocycles. The normalized spacial score (nSPS) is 16.3. The molecular formula is C35H40MnN2O3-2. The molecule has 6 heteroatoms. The van der Waals surface area contributed by atoms with Gasteiger partial charge in [0.15, 0.2) is 0 Å². The summed E-state index contributed by atoms with van der Waals surface area (Å²) in [6.07, 6.45) is 4.25. The van der Waals surface area contributed by atoms with E-state index in [0.29, 0.717) is 11.5 Å². The fraction of sp³-hybridized carbons (Fsp3) is 0.286. The van der Waals surface area contributed by atoms with Crippen LogP contribution in [0.15, 0.2) is 97.1 Å². The number of benzene rings is 4. The minimum atomic E-state index is -0.234. The molecule has 0 saturated heterocycles. The summed E-state index contributed by atoms with van der Waals surface area (Å²) in [5.74, 6) is 2.09. The molecule has 5 nitrogen and oxygen atoms in total. The maximum Gasteiger partial charge on any atom is 0.127 e. The molecule has 0 bridgehead atoms. The van der Waals surface area contributed by atoms with Crippen molar-refractivity contribution in [3.63, 3.8) is 0 Å². The quantitative estimate of drug-likeness (QED) is 0.226. The van der Waals surface area contributed by atoms with Crippen LogP contribution in [0.2, 0.25) is 0 Å². The van der Waals surface area contributed by atoms with Gasteiger partial charge in [-0.15, -0.1) is 0 Å². The van der Waals surface area contributed by atoms with Crippen molar-refractivity contribution in [1.82, 2.24) is 0 Å². The number of aryl methyl sites for hydroxylation is 1. The van der Waals surface area contributed by atoms with Crippen LogP contribution in [0.25, 0.3) is 11.5 Å². The standard InChI is InChI=1S/C17H18O.C12H10O2.C6H12N2.Mn/c1-12-10-13(2)16(18)15(11-12)17(3,4)14-8-6-5-7-9-14;13-10-6-8-12(9-7-10)14-11-4-2-1-3-5-11;7-5-3-1-2-4-6(5)8;/h2,5-11,18H,1,3-4H3;1-9,13H;5-8H,1-4H2;/q;;-2;. The molecule has 0 amide bonds. The van der Waals surface area contributed by atoms with Crippen LogP contribution in [0.3, 0.4) is 0 Å². The first-order valence-corrected chi connectivity index (χ1v) is 14.6. The van der Waals surface area contributed by atoms with Gasteiger partial charge in [0.1, 0.15) is 17.2 Å². The van der Waals surface area contributed by atoms with Gasteiger partial charge in [0.05, 0.1) is 0 Å². The van der Waals surface area contributed by atoms with Crippen LogP contribution in [0.5, 0.6) is 23.0 Å².